The van der Waals surface area contributed by atoms with Crippen LogP contribution in [-0.2, 0) is 20.9 Å². The van der Waals surface area contributed by atoms with E-state index in [0.717, 1.165) is 0 Å². The number of hydrogen-bond acceptors (Lipinski definition) is 5. The topological polar surface area (TPSA) is 114 Å². The number of rotatable bonds is 9. The van der Waals surface area contributed by atoms with Gasteiger partial charge in [0.15, 0.2) is 0 Å². The van der Waals surface area contributed by atoms with Crippen LogP contribution in [0.25, 0.3) is 0 Å². The fourth-order valence-corrected chi connectivity index (χ4v) is 2.29. The summed E-state index contributed by atoms with van der Waals surface area (Å²) in [5.41, 5.74) is 0.542. The lowest BCUT2D eigenvalue weighted by Gasteiger charge is -2.11. The minimum absolute atomic E-state index is 0.269. The Hall–Kier alpha value is -3.20. The van der Waals surface area contributed by atoms with Crippen LogP contribution in [-0.4, -0.2) is 54.1 Å². The average molecular weight is 373 g/mol. The molecule has 27 heavy (non-hydrogen) atoms. The normalized spacial score (nSPS) is 10.3. The first kappa shape index (κ1) is 20.1. The molecule has 1 heterocycles. The number of carbonyl (C=O) groups excluding carboxylic acids is 3. The molecule has 0 spiro atoms. The molecule has 0 saturated carbocycles. The van der Waals surface area contributed by atoms with E-state index in [1.807, 2.05) is 10.8 Å². The lowest BCUT2D eigenvalue weighted by molar-refractivity contribution is -0.136. The van der Waals surface area contributed by atoms with Crippen LogP contribution in [0, 0.1) is 0 Å². The van der Waals surface area contributed by atoms with E-state index in [2.05, 4.69) is 20.9 Å². The smallest absolute Gasteiger partial charge is 0.313 e. The van der Waals surface area contributed by atoms with Crippen LogP contribution in [0.4, 0.5) is 5.69 Å². The number of hydrogen-bond donors (Lipinski definition) is 3. The molecule has 144 valence electrons. The summed E-state index contributed by atoms with van der Waals surface area (Å²) >= 11 is 0. The number of imidazole rings is 1. The maximum atomic E-state index is 12.2. The van der Waals surface area contributed by atoms with E-state index in [-0.39, 0.29) is 17.2 Å². The number of amides is 3. The van der Waals surface area contributed by atoms with Crippen molar-refractivity contribution in [2.75, 3.05) is 32.1 Å². The maximum absolute atomic E-state index is 12.2. The van der Waals surface area contributed by atoms with Crippen molar-refractivity contribution in [1.29, 1.82) is 0 Å². The Kier molecular flexibility index (Phi) is 7.98. The first-order valence-electron chi connectivity index (χ1n) is 8.53. The van der Waals surface area contributed by atoms with Crippen molar-refractivity contribution in [1.82, 2.24) is 20.2 Å². The number of ether oxygens (including phenoxy) is 1. The third-order valence-electron chi connectivity index (χ3n) is 3.66. The zero-order valence-corrected chi connectivity index (χ0v) is 15.1. The summed E-state index contributed by atoms with van der Waals surface area (Å²) in [4.78, 5) is 40.1. The molecule has 9 heteroatoms. The minimum atomic E-state index is -0.824. The Balaban J connectivity index is 1.83. The number of carbonyl (C=O) groups is 3. The summed E-state index contributed by atoms with van der Waals surface area (Å²) < 4.78 is 6.76. The van der Waals surface area contributed by atoms with Crippen LogP contribution in [0.2, 0.25) is 0 Å². The highest BCUT2D eigenvalue weighted by Crippen LogP contribution is 2.14. The van der Waals surface area contributed by atoms with Crippen molar-refractivity contribution >= 4 is 23.4 Å². The van der Waals surface area contributed by atoms with Gasteiger partial charge in [-0.25, -0.2) is 4.98 Å². The van der Waals surface area contributed by atoms with Crippen molar-refractivity contribution in [3.8, 4) is 0 Å². The van der Waals surface area contributed by atoms with Gasteiger partial charge in [-0.15, -0.1) is 0 Å². The summed E-state index contributed by atoms with van der Waals surface area (Å²) in [5, 5.41) is 7.71. The average Bonchev–Trinajstić information content (AvgIpc) is 3.19. The Morgan fingerprint density at radius 3 is 2.67 bits per heavy atom. The fraction of sp³-hybridized carbons (Fsp3) is 0.333. The molecular weight excluding hydrogens is 350 g/mol. The molecule has 0 unspecified atom stereocenters. The Labute approximate surface area is 157 Å². The fourth-order valence-electron chi connectivity index (χ4n) is 2.29. The second-order valence-electron chi connectivity index (χ2n) is 5.66. The highest BCUT2D eigenvalue weighted by atomic mass is 16.5. The highest BCUT2D eigenvalue weighted by Gasteiger charge is 2.17. The minimum Gasteiger partial charge on any atom is -0.383 e. The second kappa shape index (κ2) is 10.7. The van der Waals surface area contributed by atoms with E-state index in [9.17, 15) is 14.4 Å². The van der Waals surface area contributed by atoms with Gasteiger partial charge in [-0.3, -0.25) is 14.4 Å². The molecule has 1 aromatic carbocycles. The van der Waals surface area contributed by atoms with Crippen LogP contribution >= 0.6 is 0 Å². The molecule has 2 rings (SSSR count). The van der Waals surface area contributed by atoms with E-state index < -0.39 is 11.8 Å². The molecule has 0 fully saturated rings. The number of nitrogens with zero attached hydrogens (tertiary/aromatic N) is 2. The molecule has 0 aliphatic carbocycles. The number of methoxy groups -OCH3 is 1. The van der Waals surface area contributed by atoms with Crippen molar-refractivity contribution < 1.29 is 19.1 Å². The van der Waals surface area contributed by atoms with Crippen molar-refractivity contribution in [2.45, 2.75) is 13.0 Å². The third-order valence-corrected chi connectivity index (χ3v) is 3.66. The summed E-state index contributed by atoms with van der Waals surface area (Å²) in [5.74, 6) is -1.94. The first-order chi connectivity index (χ1) is 13.1. The predicted octanol–water partition coefficient (Wildman–Crippen LogP) is 0.404. The number of aryl methyl sites for hydroxylation is 1. The third kappa shape index (κ3) is 6.55. The number of nitrogens with one attached hydrogen (secondary N) is 3. The first-order valence-corrected chi connectivity index (χ1v) is 8.53. The second-order valence-corrected chi connectivity index (χ2v) is 5.66. The number of para-hydroxylation sites is 1. The molecule has 3 amide bonds. The standard InChI is InChI=1S/C18H23N5O4/c1-27-12-9-21-16(24)14-5-2-3-6-15(14)22-18(26)17(25)20-7-4-10-23-11-8-19-13-23/h2-3,5-6,8,11,13H,4,7,9-10,12H2,1H3,(H,20,25)(H,21,24)(H,22,26). The monoisotopic (exact) mass is 373 g/mol. The lowest BCUT2D eigenvalue weighted by atomic mass is 10.1. The molecule has 0 saturated heterocycles. The van der Waals surface area contributed by atoms with E-state index in [0.29, 0.717) is 32.7 Å². The van der Waals surface area contributed by atoms with Crippen LogP contribution in [0.15, 0.2) is 43.0 Å². The van der Waals surface area contributed by atoms with Gasteiger partial charge >= 0.3 is 11.8 Å². The number of benzene rings is 1. The van der Waals surface area contributed by atoms with Gasteiger partial charge in [0.2, 0.25) is 0 Å². The van der Waals surface area contributed by atoms with Gasteiger partial charge in [-0.1, -0.05) is 12.1 Å². The molecule has 0 bridgehead atoms. The van der Waals surface area contributed by atoms with Crippen LogP contribution < -0.4 is 16.0 Å². The van der Waals surface area contributed by atoms with E-state index in [1.165, 1.54) is 7.11 Å². The Bertz CT molecular complexity index is 761. The van der Waals surface area contributed by atoms with Crippen molar-refractivity contribution in [3.05, 3.63) is 48.5 Å². The molecule has 0 atom stereocenters. The van der Waals surface area contributed by atoms with Gasteiger partial charge in [0.25, 0.3) is 5.91 Å². The molecule has 1 aromatic heterocycles. The van der Waals surface area contributed by atoms with Gasteiger partial charge in [0.05, 0.1) is 24.2 Å². The van der Waals surface area contributed by atoms with Crippen LogP contribution in [0.3, 0.4) is 0 Å². The SMILES string of the molecule is COCCNC(=O)c1ccccc1NC(=O)C(=O)NCCCn1ccnc1. The van der Waals surface area contributed by atoms with Gasteiger partial charge < -0.3 is 25.3 Å². The van der Waals surface area contributed by atoms with Gasteiger partial charge in [0, 0.05) is 39.1 Å². The van der Waals surface area contributed by atoms with Crippen molar-refractivity contribution in [3.63, 3.8) is 0 Å². The van der Waals surface area contributed by atoms with E-state index in [1.54, 1.807) is 36.8 Å². The molecule has 0 aliphatic heterocycles. The number of aromatic nitrogens is 2. The molecular formula is C18H23N5O4. The largest absolute Gasteiger partial charge is 0.383 e. The Morgan fingerprint density at radius 2 is 1.93 bits per heavy atom. The summed E-state index contributed by atoms with van der Waals surface area (Å²) in [7, 11) is 1.54. The zero-order valence-electron chi connectivity index (χ0n) is 15.1. The summed E-state index contributed by atoms with van der Waals surface area (Å²) in [6.45, 7) is 1.76. The van der Waals surface area contributed by atoms with Crippen LogP contribution in [0.5, 0.6) is 0 Å². The highest BCUT2D eigenvalue weighted by molar-refractivity contribution is 6.40. The lowest BCUT2D eigenvalue weighted by Crippen LogP contribution is -2.37. The molecule has 9 nitrogen and oxygen atoms in total. The van der Waals surface area contributed by atoms with Gasteiger partial charge in [-0.05, 0) is 18.6 Å². The van der Waals surface area contributed by atoms with Gasteiger partial charge in [0.1, 0.15) is 0 Å². The summed E-state index contributed by atoms with van der Waals surface area (Å²) in [6.07, 6.45) is 5.84. The van der Waals surface area contributed by atoms with Gasteiger partial charge in [-0.2, -0.15) is 0 Å². The van der Waals surface area contributed by atoms with Crippen LogP contribution in [0.1, 0.15) is 16.8 Å². The summed E-state index contributed by atoms with van der Waals surface area (Å²) in [6, 6.07) is 6.48. The van der Waals surface area contributed by atoms with Crippen molar-refractivity contribution in [2.24, 2.45) is 0 Å². The molecule has 2 aromatic rings. The maximum Gasteiger partial charge on any atom is 0.313 e. The Morgan fingerprint density at radius 1 is 1.11 bits per heavy atom. The molecule has 3 N–H and O–H groups in total. The number of anilines is 1. The van der Waals surface area contributed by atoms with E-state index in [4.69, 9.17) is 4.74 Å². The van der Waals surface area contributed by atoms with E-state index >= 15 is 0 Å². The molecule has 0 radical (unpaired) electrons. The quantitative estimate of drug-likeness (QED) is 0.435. The predicted molar refractivity (Wildman–Crippen MR) is 99.1 cm³/mol. The molecule has 0 aliphatic rings. The zero-order chi connectivity index (χ0) is 19.5.